The zero-order chi connectivity index (χ0) is 19.2. The highest BCUT2D eigenvalue weighted by molar-refractivity contribution is 7.93. The van der Waals surface area contributed by atoms with Gasteiger partial charge in [0.05, 0.1) is 5.25 Å². The van der Waals surface area contributed by atoms with Crippen LogP contribution < -0.4 is 10.0 Å². The first kappa shape index (κ1) is 20.3. The van der Waals surface area contributed by atoms with Crippen molar-refractivity contribution >= 4 is 27.7 Å². The Balaban J connectivity index is 1.95. The molecule has 0 spiro atoms. The number of hydrogen-bond donors (Lipinski definition) is 2. The van der Waals surface area contributed by atoms with Crippen LogP contribution in [-0.2, 0) is 14.8 Å². The average molecular weight is 390 g/mol. The van der Waals surface area contributed by atoms with E-state index in [4.69, 9.17) is 0 Å². The van der Waals surface area contributed by atoms with Gasteiger partial charge in [-0.2, -0.15) is 13.2 Å². The van der Waals surface area contributed by atoms with Crippen LogP contribution in [-0.4, -0.2) is 32.3 Å². The second-order valence-corrected chi connectivity index (χ2v) is 8.10. The fraction of sp³-hybridized carbons (Fsp3) is 0.471. The second-order valence-electron chi connectivity index (χ2n) is 6.14. The normalized spacial score (nSPS) is 16.6. The summed E-state index contributed by atoms with van der Waals surface area (Å²) < 4.78 is 63.6. The van der Waals surface area contributed by atoms with Crippen molar-refractivity contribution in [2.75, 3.05) is 11.3 Å². The van der Waals surface area contributed by atoms with Crippen molar-refractivity contribution in [1.82, 2.24) is 5.32 Å². The van der Waals surface area contributed by atoms with E-state index in [2.05, 4.69) is 4.72 Å². The van der Waals surface area contributed by atoms with E-state index in [1.54, 1.807) is 29.6 Å². The first-order chi connectivity index (χ1) is 12.2. The Kier molecular flexibility index (Phi) is 6.69. The van der Waals surface area contributed by atoms with Crippen molar-refractivity contribution in [1.29, 1.82) is 0 Å². The minimum absolute atomic E-state index is 0.281. The summed E-state index contributed by atoms with van der Waals surface area (Å²) >= 11 is 0. The van der Waals surface area contributed by atoms with Crippen molar-refractivity contribution in [3.8, 4) is 0 Å². The molecule has 0 aromatic heterocycles. The summed E-state index contributed by atoms with van der Waals surface area (Å²) in [5.74, 6) is -2.00. The third-order valence-corrected chi connectivity index (χ3v) is 5.96. The van der Waals surface area contributed by atoms with E-state index in [0.29, 0.717) is 24.1 Å². The predicted octanol–water partition coefficient (Wildman–Crippen LogP) is 3.45. The summed E-state index contributed by atoms with van der Waals surface area (Å²) in [4.78, 5) is 10.7. The summed E-state index contributed by atoms with van der Waals surface area (Å²) in [6, 6.07) is 6.53. The van der Waals surface area contributed by atoms with E-state index >= 15 is 0 Å². The van der Waals surface area contributed by atoms with Crippen LogP contribution in [0.4, 0.5) is 18.9 Å². The standard InChI is InChI=1S/C17H21F3N2O3S/c18-17(19,20)16(23)21-11-5-7-13-6-4-8-14(12-13)22-26(24,25)15-9-2-1-3-10-15/h4-8,12,15,22H,1-3,9-11H2,(H,21,23). The molecular weight excluding hydrogens is 369 g/mol. The van der Waals surface area contributed by atoms with Crippen LogP contribution in [0, 0.1) is 0 Å². The van der Waals surface area contributed by atoms with Gasteiger partial charge in [-0.1, -0.05) is 43.5 Å². The van der Waals surface area contributed by atoms with Crippen molar-refractivity contribution < 1.29 is 26.4 Å². The molecule has 0 unspecified atom stereocenters. The molecule has 1 aliphatic carbocycles. The fourth-order valence-electron chi connectivity index (χ4n) is 2.78. The summed E-state index contributed by atoms with van der Waals surface area (Å²) in [5.41, 5.74) is 1.01. The fourth-order valence-corrected chi connectivity index (χ4v) is 4.35. The molecule has 1 aliphatic rings. The minimum Gasteiger partial charge on any atom is -0.345 e. The molecule has 1 fully saturated rings. The van der Waals surface area contributed by atoms with Gasteiger partial charge in [-0.25, -0.2) is 8.42 Å². The molecule has 1 aromatic rings. The average Bonchev–Trinajstić information content (AvgIpc) is 2.58. The van der Waals surface area contributed by atoms with E-state index in [1.807, 2.05) is 0 Å². The maximum Gasteiger partial charge on any atom is 0.471 e. The lowest BCUT2D eigenvalue weighted by Gasteiger charge is -2.22. The van der Waals surface area contributed by atoms with E-state index in [-0.39, 0.29) is 6.54 Å². The molecule has 0 aliphatic heterocycles. The van der Waals surface area contributed by atoms with Gasteiger partial charge in [0.2, 0.25) is 10.0 Å². The molecular formula is C17H21F3N2O3S. The first-order valence-corrected chi connectivity index (χ1v) is 9.86. The van der Waals surface area contributed by atoms with E-state index in [9.17, 15) is 26.4 Å². The minimum atomic E-state index is -4.91. The molecule has 2 N–H and O–H groups in total. The Morgan fingerprint density at radius 3 is 2.54 bits per heavy atom. The molecule has 1 amide bonds. The van der Waals surface area contributed by atoms with Gasteiger partial charge in [0.15, 0.2) is 0 Å². The molecule has 0 radical (unpaired) electrons. The molecule has 0 atom stereocenters. The third kappa shape index (κ3) is 6.05. The van der Waals surface area contributed by atoms with Crippen molar-refractivity contribution in [3.63, 3.8) is 0 Å². The van der Waals surface area contributed by atoms with E-state index in [1.165, 1.54) is 12.2 Å². The Hall–Kier alpha value is -2.03. The maximum atomic E-state index is 12.4. The van der Waals surface area contributed by atoms with Crippen LogP contribution in [0.15, 0.2) is 30.3 Å². The summed E-state index contributed by atoms with van der Waals surface area (Å²) in [6.45, 7) is -0.281. The van der Waals surface area contributed by atoms with E-state index in [0.717, 1.165) is 19.3 Å². The molecule has 0 bridgehead atoms. The van der Waals surface area contributed by atoms with Gasteiger partial charge < -0.3 is 5.32 Å². The van der Waals surface area contributed by atoms with Gasteiger partial charge in [-0.05, 0) is 30.5 Å². The largest absolute Gasteiger partial charge is 0.471 e. The summed E-state index contributed by atoms with van der Waals surface area (Å²) in [7, 11) is -3.46. The SMILES string of the molecule is O=C(NCC=Cc1cccc(NS(=O)(=O)C2CCCCC2)c1)C(F)(F)F. The Morgan fingerprint density at radius 2 is 1.88 bits per heavy atom. The van der Waals surface area contributed by atoms with Gasteiger partial charge in [-0.15, -0.1) is 0 Å². The number of carbonyl (C=O) groups excluding carboxylic acids is 1. The van der Waals surface area contributed by atoms with Crippen LogP contribution in [0.25, 0.3) is 6.08 Å². The number of halogens is 3. The number of rotatable bonds is 6. The topological polar surface area (TPSA) is 75.3 Å². The maximum absolute atomic E-state index is 12.4. The van der Waals surface area contributed by atoms with Crippen LogP contribution >= 0.6 is 0 Å². The number of sulfonamides is 1. The quantitative estimate of drug-likeness (QED) is 0.781. The van der Waals surface area contributed by atoms with E-state index < -0.39 is 27.4 Å². The molecule has 1 aromatic carbocycles. The molecule has 0 heterocycles. The zero-order valence-corrected chi connectivity index (χ0v) is 14.9. The van der Waals surface area contributed by atoms with Crippen molar-refractivity contribution in [3.05, 3.63) is 35.9 Å². The van der Waals surface area contributed by atoms with Crippen LogP contribution in [0.1, 0.15) is 37.7 Å². The zero-order valence-electron chi connectivity index (χ0n) is 14.1. The molecule has 9 heteroatoms. The van der Waals surface area contributed by atoms with Crippen molar-refractivity contribution in [2.24, 2.45) is 0 Å². The molecule has 1 saturated carbocycles. The number of amides is 1. The Labute approximate surface area is 150 Å². The number of carbonyl (C=O) groups is 1. The molecule has 2 rings (SSSR count). The van der Waals surface area contributed by atoms with Gasteiger partial charge in [-0.3, -0.25) is 9.52 Å². The van der Waals surface area contributed by atoms with Crippen molar-refractivity contribution in [2.45, 2.75) is 43.5 Å². The second kappa shape index (κ2) is 8.57. The first-order valence-electron chi connectivity index (χ1n) is 8.32. The lowest BCUT2D eigenvalue weighted by molar-refractivity contribution is -0.173. The number of anilines is 1. The van der Waals surface area contributed by atoms with Gasteiger partial charge in [0.1, 0.15) is 0 Å². The molecule has 144 valence electrons. The molecule has 26 heavy (non-hydrogen) atoms. The number of benzene rings is 1. The lowest BCUT2D eigenvalue weighted by atomic mass is 10.0. The van der Waals surface area contributed by atoms with Crippen LogP contribution in [0.5, 0.6) is 0 Å². The number of alkyl halides is 3. The number of hydrogen-bond acceptors (Lipinski definition) is 3. The lowest BCUT2D eigenvalue weighted by Crippen LogP contribution is -2.36. The monoisotopic (exact) mass is 390 g/mol. The third-order valence-electron chi connectivity index (χ3n) is 4.09. The summed E-state index contributed by atoms with van der Waals surface area (Å²) in [5, 5.41) is 1.33. The predicted molar refractivity (Wildman–Crippen MR) is 94.0 cm³/mol. The highest BCUT2D eigenvalue weighted by Crippen LogP contribution is 2.25. The molecule has 0 saturated heterocycles. The van der Waals surface area contributed by atoms with Gasteiger partial charge in [0.25, 0.3) is 0 Å². The highest BCUT2D eigenvalue weighted by Gasteiger charge is 2.38. The highest BCUT2D eigenvalue weighted by atomic mass is 32.2. The van der Waals surface area contributed by atoms with Gasteiger partial charge >= 0.3 is 12.1 Å². The Morgan fingerprint density at radius 1 is 1.19 bits per heavy atom. The van der Waals surface area contributed by atoms with Gasteiger partial charge in [0, 0.05) is 12.2 Å². The summed E-state index contributed by atoms with van der Waals surface area (Å²) in [6.07, 6.45) is 2.10. The van der Waals surface area contributed by atoms with Crippen LogP contribution in [0.3, 0.4) is 0 Å². The Bertz CT molecular complexity index is 755. The number of nitrogens with one attached hydrogen (secondary N) is 2. The smallest absolute Gasteiger partial charge is 0.345 e. The van der Waals surface area contributed by atoms with Crippen LogP contribution in [0.2, 0.25) is 0 Å². The molecule has 5 nitrogen and oxygen atoms in total.